The van der Waals surface area contributed by atoms with E-state index < -0.39 is 5.54 Å². The lowest BCUT2D eigenvalue weighted by Crippen LogP contribution is -2.52. The molecule has 1 rings (SSSR count). The number of hydrogen-bond donors (Lipinski definition) is 2. The van der Waals surface area contributed by atoms with Crippen LogP contribution in [-0.4, -0.2) is 23.7 Å². The van der Waals surface area contributed by atoms with E-state index in [-0.39, 0.29) is 5.91 Å². The number of nitrogens with one attached hydrogen (secondary N) is 1. The fraction of sp³-hybridized carbons (Fsp3) is 0.562. The Kier molecular flexibility index (Phi) is 6.08. The molecule has 3 nitrogen and oxygen atoms in total. The van der Waals surface area contributed by atoms with Crippen LogP contribution in [0.3, 0.4) is 0 Å². The number of carbonyl (C=O) groups is 1. The van der Waals surface area contributed by atoms with Crippen LogP contribution in [0, 0.1) is 0 Å². The molecule has 1 aromatic carbocycles. The van der Waals surface area contributed by atoms with Crippen LogP contribution in [0.1, 0.15) is 45.6 Å². The average Bonchev–Trinajstić information content (AvgIpc) is 2.38. The standard InChI is InChI=1S/C16H26N2OS/c1-11(2)13-6-8-14(9-7-13)20-12(3)10-16(4,18-5)15(17)19/h6-9,11-12,18H,10H2,1-5H3,(H2,17,19). The third-order valence-corrected chi connectivity index (χ3v) is 4.79. The number of hydrogen-bond acceptors (Lipinski definition) is 3. The minimum atomic E-state index is -0.649. The van der Waals surface area contributed by atoms with Gasteiger partial charge in [-0.2, -0.15) is 0 Å². The Morgan fingerprint density at radius 1 is 1.30 bits per heavy atom. The van der Waals surface area contributed by atoms with Crippen molar-refractivity contribution in [3.8, 4) is 0 Å². The van der Waals surface area contributed by atoms with E-state index in [2.05, 4.69) is 50.4 Å². The number of nitrogens with two attached hydrogens (primary N) is 1. The van der Waals surface area contributed by atoms with Crippen LogP contribution in [0.5, 0.6) is 0 Å². The van der Waals surface area contributed by atoms with Gasteiger partial charge in [0.2, 0.25) is 5.91 Å². The first-order valence-electron chi connectivity index (χ1n) is 7.04. The fourth-order valence-corrected chi connectivity index (χ4v) is 3.28. The van der Waals surface area contributed by atoms with Crippen LogP contribution in [0.15, 0.2) is 29.2 Å². The van der Waals surface area contributed by atoms with Crippen molar-refractivity contribution in [1.82, 2.24) is 5.32 Å². The van der Waals surface area contributed by atoms with Gasteiger partial charge in [-0.25, -0.2) is 0 Å². The summed E-state index contributed by atoms with van der Waals surface area (Å²) in [5, 5.41) is 3.34. The zero-order chi connectivity index (χ0) is 15.3. The van der Waals surface area contributed by atoms with Crippen LogP contribution < -0.4 is 11.1 Å². The smallest absolute Gasteiger partial charge is 0.237 e. The molecular formula is C16H26N2OS. The van der Waals surface area contributed by atoms with Gasteiger partial charge in [0.05, 0.1) is 5.54 Å². The van der Waals surface area contributed by atoms with Crippen molar-refractivity contribution >= 4 is 17.7 Å². The molecule has 112 valence electrons. The number of benzene rings is 1. The maximum absolute atomic E-state index is 11.5. The molecule has 0 saturated carbocycles. The highest BCUT2D eigenvalue weighted by atomic mass is 32.2. The molecule has 2 atom stereocenters. The largest absolute Gasteiger partial charge is 0.368 e. The lowest BCUT2D eigenvalue weighted by Gasteiger charge is -2.28. The first kappa shape index (κ1) is 17.1. The zero-order valence-corrected chi connectivity index (χ0v) is 13.9. The van der Waals surface area contributed by atoms with Crippen molar-refractivity contribution in [2.45, 2.75) is 55.7 Å². The highest BCUT2D eigenvalue weighted by Crippen LogP contribution is 2.29. The van der Waals surface area contributed by atoms with Gasteiger partial charge in [0, 0.05) is 10.1 Å². The van der Waals surface area contributed by atoms with E-state index in [0.29, 0.717) is 17.6 Å². The molecule has 0 aliphatic carbocycles. The van der Waals surface area contributed by atoms with Crippen LogP contribution >= 0.6 is 11.8 Å². The van der Waals surface area contributed by atoms with Gasteiger partial charge in [-0.15, -0.1) is 11.8 Å². The van der Waals surface area contributed by atoms with Gasteiger partial charge in [0.1, 0.15) is 0 Å². The number of carbonyl (C=O) groups excluding carboxylic acids is 1. The first-order chi connectivity index (χ1) is 9.28. The molecule has 0 aromatic heterocycles. The number of primary amides is 1. The number of thioether (sulfide) groups is 1. The van der Waals surface area contributed by atoms with E-state index in [1.54, 1.807) is 18.8 Å². The van der Waals surface area contributed by atoms with E-state index in [9.17, 15) is 4.79 Å². The lowest BCUT2D eigenvalue weighted by molar-refractivity contribution is -0.123. The summed E-state index contributed by atoms with van der Waals surface area (Å²) in [6, 6.07) is 8.64. The summed E-state index contributed by atoms with van der Waals surface area (Å²) in [4.78, 5) is 12.7. The molecule has 3 N–H and O–H groups in total. The summed E-state index contributed by atoms with van der Waals surface area (Å²) in [7, 11) is 1.78. The van der Waals surface area contributed by atoms with Gasteiger partial charge in [-0.3, -0.25) is 4.79 Å². The van der Waals surface area contributed by atoms with Gasteiger partial charge < -0.3 is 11.1 Å². The molecule has 2 unspecified atom stereocenters. The Balaban J connectivity index is 2.66. The Morgan fingerprint density at radius 2 is 1.85 bits per heavy atom. The van der Waals surface area contributed by atoms with E-state index in [4.69, 9.17) is 5.73 Å². The van der Waals surface area contributed by atoms with Crippen LogP contribution in [0.4, 0.5) is 0 Å². The predicted octanol–water partition coefficient (Wildman–Crippen LogP) is 3.14. The van der Waals surface area contributed by atoms with Gasteiger partial charge in [-0.1, -0.05) is 32.9 Å². The molecule has 0 aliphatic rings. The minimum Gasteiger partial charge on any atom is -0.368 e. The highest BCUT2D eigenvalue weighted by molar-refractivity contribution is 7.99. The third-order valence-electron chi connectivity index (χ3n) is 3.68. The molecule has 0 fully saturated rings. The Morgan fingerprint density at radius 3 is 2.25 bits per heavy atom. The van der Waals surface area contributed by atoms with Gasteiger partial charge in [0.15, 0.2) is 0 Å². The highest BCUT2D eigenvalue weighted by Gasteiger charge is 2.31. The van der Waals surface area contributed by atoms with Crippen molar-refractivity contribution < 1.29 is 4.79 Å². The summed E-state index contributed by atoms with van der Waals surface area (Å²) < 4.78 is 0. The fourth-order valence-electron chi connectivity index (χ4n) is 2.11. The predicted molar refractivity (Wildman–Crippen MR) is 87.1 cm³/mol. The normalized spacial score (nSPS) is 15.9. The van der Waals surface area contributed by atoms with Crippen molar-refractivity contribution in [3.05, 3.63) is 29.8 Å². The molecule has 0 radical (unpaired) electrons. The first-order valence-corrected chi connectivity index (χ1v) is 7.92. The van der Waals surface area contributed by atoms with E-state index in [0.717, 1.165) is 0 Å². The summed E-state index contributed by atoms with van der Waals surface area (Å²) >= 11 is 1.78. The molecule has 0 aliphatic heterocycles. The van der Waals surface area contributed by atoms with Crippen molar-refractivity contribution in [2.24, 2.45) is 5.73 Å². The van der Waals surface area contributed by atoms with E-state index in [1.165, 1.54) is 10.5 Å². The third kappa shape index (κ3) is 4.53. The Hall–Kier alpha value is -1.00. The number of likely N-dealkylation sites (N-methyl/N-ethyl adjacent to an activating group) is 1. The zero-order valence-electron chi connectivity index (χ0n) is 13.1. The molecule has 0 saturated heterocycles. The van der Waals surface area contributed by atoms with Crippen LogP contribution in [0.2, 0.25) is 0 Å². The Bertz CT molecular complexity index is 444. The SMILES string of the molecule is CNC(C)(CC(C)Sc1ccc(C(C)C)cc1)C(N)=O. The summed E-state index contributed by atoms with van der Waals surface area (Å²) in [6.45, 7) is 8.36. The van der Waals surface area contributed by atoms with Crippen LogP contribution in [0.25, 0.3) is 0 Å². The Labute approximate surface area is 126 Å². The molecule has 0 spiro atoms. The molecule has 0 heterocycles. The summed E-state index contributed by atoms with van der Waals surface area (Å²) in [6.07, 6.45) is 0.704. The maximum Gasteiger partial charge on any atom is 0.237 e. The summed E-state index contributed by atoms with van der Waals surface area (Å²) in [5.41, 5.74) is 6.16. The van der Waals surface area contributed by atoms with Crippen molar-refractivity contribution in [3.63, 3.8) is 0 Å². The van der Waals surface area contributed by atoms with E-state index in [1.807, 2.05) is 6.92 Å². The number of rotatable bonds is 7. The van der Waals surface area contributed by atoms with Crippen molar-refractivity contribution in [1.29, 1.82) is 0 Å². The van der Waals surface area contributed by atoms with Gasteiger partial charge in [0.25, 0.3) is 0 Å². The van der Waals surface area contributed by atoms with Gasteiger partial charge in [-0.05, 0) is 44.0 Å². The van der Waals surface area contributed by atoms with Gasteiger partial charge >= 0.3 is 0 Å². The molecule has 4 heteroatoms. The van der Waals surface area contributed by atoms with E-state index >= 15 is 0 Å². The maximum atomic E-state index is 11.5. The average molecular weight is 294 g/mol. The molecule has 0 bridgehead atoms. The van der Waals surface area contributed by atoms with Crippen LogP contribution in [-0.2, 0) is 4.79 Å². The second kappa shape index (κ2) is 7.14. The molecule has 1 amide bonds. The topological polar surface area (TPSA) is 55.1 Å². The monoisotopic (exact) mass is 294 g/mol. The molecule has 1 aromatic rings. The summed E-state index contributed by atoms with van der Waals surface area (Å²) in [5.74, 6) is 0.247. The lowest BCUT2D eigenvalue weighted by atomic mass is 9.95. The quantitative estimate of drug-likeness (QED) is 0.760. The molecular weight excluding hydrogens is 268 g/mol. The second-order valence-electron chi connectivity index (χ2n) is 5.80. The minimum absolute atomic E-state index is 0.303. The van der Waals surface area contributed by atoms with Crippen molar-refractivity contribution in [2.75, 3.05) is 7.05 Å². The second-order valence-corrected chi connectivity index (χ2v) is 7.31. The number of amides is 1. The molecule has 20 heavy (non-hydrogen) atoms.